The minimum Gasteiger partial charge on any atom is -0.506 e. The normalized spacial score (nSPS) is 18.7. The number of rotatable bonds is 1. The van der Waals surface area contributed by atoms with E-state index in [9.17, 15) is 5.11 Å². The van der Waals surface area contributed by atoms with Gasteiger partial charge < -0.3 is 14.3 Å². The third-order valence-electron chi connectivity index (χ3n) is 2.85. The highest BCUT2D eigenvalue weighted by Crippen LogP contribution is 2.40. The van der Waals surface area contributed by atoms with Gasteiger partial charge in [0.05, 0.1) is 18.6 Å². The van der Waals surface area contributed by atoms with Crippen LogP contribution in [0.2, 0.25) is 0 Å². The standard InChI is InChI=1S/C12H11NO3/c1-7-11(14)9-6-16-12(8(9)5-13-7)10-3-2-4-15-10/h2-5,12,14H,6H2,1H3. The van der Waals surface area contributed by atoms with Gasteiger partial charge in [-0.1, -0.05) is 0 Å². The Labute approximate surface area is 92.5 Å². The van der Waals surface area contributed by atoms with Gasteiger partial charge in [-0.3, -0.25) is 4.98 Å². The van der Waals surface area contributed by atoms with Crippen molar-refractivity contribution < 1.29 is 14.3 Å². The molecule has 2 aromatic heterocycles. The van der Waals surface area contributed by atoms with Crippen LogP contribution in [0.15, 0.2) is 29.0 Å². The zero-order chi connectivity index (χ0) is 11.1. The van der Waals surface area contributed by atoms with E-state index in [1.54, 1.807) is 19.4 Å². The minimum atomic E-state index is -0.246. The van der Waals surface area contributed by atoms with E-state index in [4.69, 9.17) is 9.15 Å². The summed E-state index contributed by atoms with van der Waals surface area (Å²) in [6, 6.07) is 3.68. The van der Waals surface area contributed by atoms with Gasteiger partial charge in [-0.25, -0.2) is 0 Å². The lowest BCUT2D eigenvalue weighted by Crippen LogP contribution is -1.97. The molecular formula is C12H11NO3. The maximum absolute atomic E-state index is 9.86. The monoisotopic (exact) mass is 217 g/mol. The first-order valence-electron chi connectivity index (χ1n) is 5.09. The van der Waals surface area contributed by atoms with E-state index in [-0.39, 0.29) is 11.9 Å². The Morgan fingerprint density at radius 2 is 2.38 bits per heavy atom. The summed E-state index contributed by atoms with van der Waals surface area (Å²) in [4.78, 5) is 4.14. The summed E-state index contributed by atoms with van der Waals surface area (Å²) in [5.74, 6) is 0.968. The Morgan fingerprint density at radius 1 is 1.50 bits per heavy atom. The predicted molar refractivity (Wildman–Crippen MR) is 56.0 cm³/mol. The molecule has 1 aliphatic rings. The van der Waals surface area contributed by atoms with Crippen LogP contribution in [0, 0.1) is 6.92 Å². The number of pyridine rings is 1. The number of hydrogen-bond donors (Lipinski definition) is 1. The number of nitrogens with zero attached hydrogens (tertiary/aromatic N) is 1. The predicted octanol–water partition coefficient (Wildman–Crippen LogP) is 2.31. The van der Waals surface area contributed by atoms with Gasteiger partial charge in [0.2, 0.25) is 0 Å². The first-order chi connectivity index (χ1) is 7.77. The summed E-state index contributed by atoms with van der Waals surface area (Å²) in [6.45, 7) is 2.17. The van der Waals surface area contributed by atoms with Crippen LogP contribution in [0.25, 0.3) is 0 Å². The van der Waals surface area contributed by atoms with E-state index in [1.807, 2.05) is 12.1 Å². The fourth-order valence-corrected chi connectivity index (χ4v) is 1.97. The van der Waals surface area contributed by atoms with Crippen molar-refractivity contribution >= 4 is 0 Å². The van der Waals surface area contributed by atoms with Crippen molar-refractivity contribution in [2.24, 2.45) is 0 Å². The fourth-order valence-electron chi connectivity index (χ4n) is 1.97. The van der Waals surface area contributed by atoms with Crippen LogP contribution in [0.4, 0.5) is 0 Å². The molecule has 3 rings (SSSR count). The van der Waals surface area contributed by atoms with Crippen molar-refractivity contribution in [1.29, 1.82) is 0 Å². The topological polar surface area (TPSA) is 55.5 Å². The molecule has 1 unspecified atom stereocenters. The zero-order valence-electron chi connectivity index (χ0n) is 8.80. The average molecular weight is 217 g/mol. The van der Waals surface area contributed by atoms with Crippen molar-refractivity contribution in [1.82, 2.24) is 4.98 Å². The molecule has 1 N–H and O–H groups in total. The van der Waals surface area contributed by atoms with Crippen LogP contribution >= 0.6 is 0 Å². The smallest absolute Gasteiger partial charge is 0.143 e. The molecule has 0 saturated heterocycles. The summed E-state index contributed by atoms with van der Waals surface area (Å²) in [7, 11) is 0. The van der Waals surface area contributed by atoms with E-state index in [0.29, 0.717) is 12.3 Å². The summed E-state index contributed by atoms with van der Waals surface area (Å²) < 4.78 is 10.9. The summed E-state index contributed by atoms with van der Waals surface area (Å²) >= 11 is 0. The molecule has 0 radical (unpaired) electrons. The number of ether oxygens (including phenoxy) is 1. The molecule has 16 heavy (non-hydrogen) atoms. The van der Waals surface area contributed by atoms with Gasteiger partial charge in [-0.2, -0.15) is 0 Å². The molecule has 0 fully saturated rings. The van der Waals surface area contributed by atoms with Crippen LogP contribution in [-0.2, 0) is 11.3 Å². The Bertz CT molecular complexity index is 519. The Morgan fingerprint density at radius 3 is 3.12 bits per heavy atom. The molecule has 0 aliphatic carbocycles. The minimum absolute atomic E-state index is 0.228. The quantitative estimate of drug-likeness (QED) is 0.796. The third-order valence-corrected chi connectivity index (χ3v) is 2.85. The van der Waals surface area contributed by atoms with E-state index in [2.05, 4.69) is 4.98 Å². The van der Waals surface area contributed by atoms with Gasteiger partial charge in [0.15, 0.2) is 0 Å². The lowest BCUT2D eigenvalue weighted by molar-refractivity contribution is 0.0779. The molecule has 4 heteroatoms. The van der Waals surface area contributed by atoms with Crippen LogP contribution in [0.3, 0.4) is 0 Å². The molecular weight excluding hydrogens is 206 g/mol. The number of aryl methyl sites for hydroxylation is 1. The van der Waals surface area contributed by atoms with Crippen molar-refractivity contribution in [3.63, 3.8) is 0 Å². The SMILES string of the molecule is Cc1ncc2c(c1O)COC2c1ccco1. The molecule has 3 heterocycles. The lowest BCUT2D eigenvalue weighted by atomic mass is 10.0. The molecule has 0 bridgehead atoms. The second-order valence-electron chi connectivity index (χ2n) is 3.83. The molecule has 0 amide bonds. The molecule has 4 nitrogen and oxygen atoms in total. The Kier molecular flexibility index (Phi) is 1.97. The number of aromatic nitrogens is 1. The van der Waals surface area contributed by atoms with Gasteiger partial charge in [-0.05, 0) is 19.1 Å². The number of fused-ring (bicyclic) bond motifs is 1. The molecule has 0 saturated carbocycles. The fraction of sp³-hybridized carbons (Fsp3) is 0.250. The Balaban J connectivity index is 2.10. The number of furan rings is 1. The average Bonchev–Trinajstić information content (AvgIpc) is 2.91. The van der Waals surface area contributed by atoms with Crippen LogP contribution in [0.1, 0.15) is 28.7 Å². The summed E-state index contributed by atoms with van der Waals surface area (Å²) in [5, 5.41) is 9.86. The van der Waals surface area contributed by atoms with E-state index >= 15 is 0 Å². The zero-order valence-corrected chi connectivity index (χ0v) is 8.80. The van der Waals surface area contributed by atoms with Crippen molar-refractivity contribution in [2.75, 3.05) is 0 Å². The van der Waals surface area contributed by atoms with Crippen LogP contribution < -0.4 is 0 Å². The third kappa shape index (κ3) is 1.23. The van der Waals surface area contributed by atoms with Gasteiger partial charge in [0.1, 0.15) is 17.6 Å². The molecule has 1 atom stereocenters. The Hall–Kier alpha value is -1.81. The van der Waals surface area contributed by atoms with Gasteiger partial charge in [0, 0.05) is 17.3 Å². The molecule has 2 aromatic rings. The first-order valence-corrected chi connectivity index (χ1v) is 5.09. The van der Waals surface area contributed by atoms with Crippen LogP contribution in [-0.4, -0.2) is 10.1 Å². The van der Waals surface area contributed by atoms with Crippen LogP contribution in [0.5, 0.6) is 5.75 Å². The molecule has 1 aliphatic heterocycles. The highest BCUT2D eigenvalue weighted by atomic mass is 16.5. The van der Waals surface area contributed by atoms with Crippen molar-refractivity contribution in [2.45, 2.75) is 19.6 Å². The maximum Gasteiger partial charge on any atom is 0.143 e. The summed E-state index contributed by atoms with van der Waals surface area (Å²) in [6.07, 6.45) is 3.10. The highest BCUT2D eigenvalue weighted by Gasteiger charge is 2.30. The lowest BCUT2D eigenvalue weighted by Gasteiger charge is -2.07. The second-order valence-corrected chi connectivity index (χ2v) is 3.83. The molecule has 0 aromatic carbocycles. The van der Waals surface area contributed by atoms with Gasteiger partial charge in [0.25, 0.3) is 0 Å². The highest BCUT2D eigenvalue weighted by molar-refractivity contribution is 5.45. The second kappa shape index (κ2) is 3.35. The first kappa shape index (κ1) is 9.42. The van der Waals surface area contributed by atoms with E-state index < -0.39 is 0 Å². The maximum atomic E-state index is 9.86. The van der Waals surface area contributed by atoms with Gasteiger partial charge >= 0.3 is 0 Å². The van der Waals surface area contributed by atoms with Gasteiger partial charge in [-0.15, -0.1) is 0 Å². The number of hydrogen-bond acceptors (Lipinski definition) is 4. The van der Waals surface area contributed by atoms with Crippen molar-refractivity contribution in [3.05, 3.63) is 47.2 Å². The largest absolute Gasteiger partial charge is 0.506 e. The van der Waals surface area contributed by atoms with Crippen molar-refractivity contribution in [3.8, 4) is 5.75 Å². The molecule has 82 valence electrons. The molecule has 0 spiro atoms. The number of aromatic hydroxyl groups is 1. The van der Waals surface area contributed by atoms with E-state index in [1.165, 1.54) is 0 Å². The van der Waals surface area contributed by atoms with E-state index in [0.717, 1.165) is 16.9 Å². The summed E-state index contributed by atoms with van der Waals surface area (Å²) in [5.41, 5.74) is 2.33.